The number of fused-ring (bicyclic) bond motifs is 1. The maximum Gasteiger partial charge on any atom is 0.158 e. The molecule has 2 heterocycles. The molecule has 200 valence electrons. The normalized spacial score (nSPS) is 17.4. The van der Waals surface area contributed by atoms with Gasteiger partial charge in [0.1, 0.15) is 17.3 Å². The molecular weight excluding hydrogens is 503 g/mol. The average molecular weight is 537 g/mol. The number of phenols is 1. The summed E-state index contributed by atoms with van der Waals surface area (Å²) in [4.78, 5) is 17.9. The van der Waals surface area contributed by atoms with E-state index in [1.807, 2.05) is 24.3 Å². The summed E-state index contributed by atoms with van der Waals surface area (Å²) in [6.07, 6.45) is 0. The summed E-state index contributed by atoms with van der Waals surface area (Å²) in [6.45, 7) is 7.65. The lowest BCUT2D eigenvalue weighted by atomic mass is 9.94. The van der Waals surface area contributed by atoms with Crippen LogP contribution in [0.3, 0.4) is 0 Å². The van der Waals surface area contributed by atoms with Crippen LogP contribution in [0.5, 0.6) is 5.75 Å². The van der Waals surface area contributed by atoms with Gasteiger partial charge in [0, 0.05) is 49.4 Å². The van der Waals surface area contributed by atoms with Crippen LogP contribution in [0.4, 0.5) is 10.1 Å². The van der Waals surface area contributed by atoms with Gasteiger partial charge in [-0.25, -0.2) is 4.39 Å². The van der Waals surface area contributed by atoms with Crippen LogP contribution in [0, 0.1) is 5.82 Å². The number of likely N-dealkylation sites (tertiary alicyclic amines) is 2. The van der Waals surface area contributed by atoms with Crippen molar-refractivity contribution >= 4 is 40.6 Å². The highest BCUT2D eigenvalue weighted by molar-refractivity contribution is 6.34. The zero-order chi connectivity index (χ0) is 27.1. The number of phenolic OH excluding ortho intramolecular Hbond substituents is 1. The number of amidine groups is 1. The highest BCUT2D eigenvalue weighted by atomic mass is 35.5. The molecule has 0 aliphatic carbocycles. The molecular formula is C29H34ClFN6O. The standard InChI is InChI=1S/C29H34ClFN6O/c1-32-28-24(29(37-15-20(16-37)35(4)5)33-17-36-13-19(14-36)34(2)3)12-25(30)26(27(28)31)23-11-21(38)10-18-8-6-7-9-22(18)23/h6-12,19-20,38H,1,13-17H2,2-5H3/b33-29+. The maximum absolute atomic E-state index is 16.3. The van der Waals surface area contributed by atoms with E-state index in [9.17, 15) is 5.11 Å². The van der Waals surface area contributed by atoms with Gasteiger partial charge in [0.2, 0.25) is 0 Å². The smallest absolute Gasteiger partial charge is 0.158 e. The molecule has 9 heteroatoms. The van der Waals surface area contributed by atoms with Gasteiger partial charge in [-0.1, -0.05) is 35.9 Å². The van der Waals surface area contributed by atoms with E-state index < -0.39 is 5.82 Å². The van der Waals surface area contributed by atoms with Crippen LogP contribution >= 0.6 is 11.6 Å². The molecule has 2 aliphatic rings. The predicted molar refractivity (Wildman–Crippen MR) is 155 cm³/mol. The van der Waals surface area contributed by atoms with Crippen LogP contribution in [-0.2, 0) is 0 Å². The van der Waals surface area contributed by atoms with E-state index in [0.717, 1.165) is 37.0 Å². The van der Waals surface area contributed by atoms with E-state index in [4.69, 9.17) is 16.6 Å². The van der Waals surface area contributed by atoms with Crippen LogP contribution in [0.15, 0.2) is 52.4 Å². The molecule has 0 atom stereocenters. The Morgan fingerprint density at radius 1 is 1.05 bits per heavy atom. The Balaban J connectivity index is 1.57. The van der Waals surface area contributed by atoms with Crippen molar-refractivity contribution in [3.05, 3.63) is 58.9 Å². The number of aromatic hydroxyl groups is 1. The van der Waals surface area contributed by atoms with Gasteiger partial charge in [0.05, 0.1) is 11.7 Å². The summed E-state index contributed by atoms with van der Waals surface area (Å²) in [6, 6.07) is 13.3. The topological polar surface area (TPSA) is 57.9 Å². The Bertz CT molecular complexity index is 1400. The van der Waals surface area contributed by atoms with Crippen LogP contribution in [0.1, 0.15) is 5.56 Å². The van der Waals surface area contributed by atoms with Gasteiger partial charge in [-0.3, -0.25) is 14.9 Å². The first-order valence-electron chi connectivity index (χ1n) is 12.7. The molecule has 2 saturated heterocycles. The molecule has 2 fully saturated rings. The van der Waals surface area contributed by atoms with Crippen molar-refractivity contribution in [2.24, 2.45) is 9.98 Å². The van der Waals surface area contributed by atoms with Crippen molar-refractivity contribution in [2.75, 3.05) is 61.0 Å². The van der Waals surface area contributed by atoms with Crippen molar-refractivity contribution in [3.63, 3.8) is 0 Å². The first-order valence-corrected chi connectivity index (χ1v) is 13.1. The van der Waals surface area contributed by atoms with Gasteiger partial charge in [-0.05, 0) is 69.4 Å². The van der Waals surface area contributed by atoms with E-state index in [1.54, 1.807) is 12.1 Å². The van der Waals surface area contributed by atoms with Crippen molar-refractivity contribution in [1.82, 2.24) is 19.6 Å². The number of likely N-dealkylation sites (N-methyl/N-ethyl adjacent to an activating group) is 2. The van der Waals surface area contributed by atoms with Gasteiger partial charge < -0.3 is 19.8 Å². The Hall–Kier alpha value is -3.04. The second-order valence-electron chi connectivity index (χ2n) is 10.6. The molecule has 38 heavy (non-hydrogen) atoms. The van der Waals surface area contributed by atoms with E-state index in [2.05, 4.69) is 59.5 Å². The molecule has 3 aromatic rings. The second-order valence-corrected chi connectivity index (χ2v) is 11.0. The van der Waals surface area contributed by atoms with Crippen LogP contribution in [0.25, 0.3) is 21.9 Å². The van der Waals surface area contributed by atoms with E-state index in [1.165, 1.54) is 6.07 Å². The molecule has 0 unspecified atom stereocenters. The highest BCUT2D eigenvalue weighted by Gasteiger charge is 2.34. The quantitative estimate of drug-likeness (QED) is 0.355. The Morgan fingerprint density at radius 2 is 1.71 bits per heavy atom. The molecule has 0 spiro atoms. The molecule has 1 N–H and O–H groups in total. The van der Waals surface area contributed by atoms with Crippen LogP contribution in [0.2, 0.25) is 5.02 Å². The first kappa shape index (κ1) is 26.6. The van der Waals surface area contributed by atoms with Crippen LogP contribution in [-0.4, -0.2) is 110 Å². The van der Waals surface area contributed by atoms with Crippen molar-refractivity contribution in [1.29, 1.82) is 0 Å². The molecule has 2 aliphatic heterocycles. The number of halogens is 2. The monoisotopic (exact) mass is 536 g/mol. The minimum absolute atomic E-state index is 0.0366. The summed E-state index contributed by atoms with van der Waals surface area (Å²) in [5.74, 6) is 0.133. The Labute approximate surface area is 228 Å². The molecule has 3 aromatic carbocycles. The van der Waals surface area contributed by atoms with E-state index >= 15 is 4.39 Å². The minimum atomic E-state index is -0.577. The lowest BCUT2D eigenvalue weighted by Gasteiger charge is -2.45. The van der Waals surface area contributed by atoms with Gasteiger partial charge in [0.15, 0.2) is 5.82 Å². The van der Waals surface area contributed by atoms with Crippen molar-refractivity contribution in [2.45, 2.75) is 12.1 Å². The zero-order valence-electron chi connectivity index (χ0n) is 22.3. The molecule has 0 aromatic heterocycles. The van der Waals surface area contributed by atoms with Crippen molar-refractivity contribution in [3.8, 4) is 16.9 Å². The third-order valence-electron chi connectivity index (χ3n) is 7.69. The fourth-order valence-corrected chi connectivity index (χ4v) is 5.44. The van der Waals surface area contributed by atoms with Gasteiger partial charge in [-0.15, -0.1) is 0 Å². The third-order valence-corrected chi connectivity index (χ3v) is 7.99. The lowest BCUT2D eigenvalue weighted by molar-refractivity contribution is 0.0657. The van der Waals surface area contributed by atoms with Crippen LogP contribution < -0.4 is 0 Å². The summed E-state index contributed by atoms with van der Waals surface area (Å²) >= 11 is 6.81. The number of benzene rings is 3. The largest absolute Gasteiger partial charge is 0.508 e. The Morgan fingerprint density at radius 3 is 2.37 bits per heavy atom. The lowest BCUT2D eigenvalue weighted by Crippen LogP contribution is -2.60. The summed E-state index contributed by atoms with van der Waals surface area (Å²) < 4.78 is 16.3. The molecule has 0 amide bonds. The summed E-state index contributed by atoms with van der Waals surface area (Å²) in [7, 11) is 8.29. The number of aliphatic imine (C=N–C) groups is 2. The third kappa shape index (κ3) is 4.89. The number of nitrogens with zero attached hydrogens (tertiary/aromatic N) is 6. The molecule has 0 bridgehead atoms. The minimum Gasteiger partial charge on any atom is -0.508 e. The van der Waals surface area contributed by atoms with Gasteiger partial charge in [-0.2, -0.15) is 0 Å². The predicted octanol–water partition coefficient (Wildman–Crippen LogP) is 4.53. The molecule has 7 nitrogen and oxygen atoms in total. The molecule has 0 saturated carbocycles. The van der Waals surface area contributed by atoms with Gasteiger partial charge >= 0.3 is 0 Å². The number of hydrogen-bond donors (Lipinski definition) is 1. The van der Waals surface area contributed by atoms with E-state index in [-0.39, 0.29) is 22.0 Å². The van der Waals surface area contributed by atoms with E-state index in [0.29, 0.717) is 35.7 Å². The average Bonchev–Trinajstić information content (AvgIpc) is 2.80. The zero-order valence-corrected chi connectivity index (χ0v) is 23.1. The SMILES string of the molecule is C=Nc1c(/C(=N\CN2CC(N(C)C)C2)N2CC(N(C)C)C2)cc(Cl)c(-c2cc(O)cc3ccccc23)c1F. The summed E-state index contributed by atoms with van der Waals surface area (Å²) in [5, 5.41) is 12.2. The fraction of sp³-hybridized carbons (Fsp3) is 0.379. The first-order chi connectivity index (χ1) is 18.2. The summed E-state index contributed by atoms with van der Waals surface area (Å²) in [5.41, 5.74) is 1.33. The van der Waals surface area contributed by atoms with Crippen molar-refractivity contribution < 1.29 is 9.50 Å². The Kier molecular flexibility index (Phi) is 7.42. The fourth-order valence-electron chi connectivity index (χ4n) is 5.14. The maximum atomic E-state index is 16.3. The second kappa shape index (κ2) is 10.6. The molecule has 5 rings (SSSR count). The number of rotatable bonds is 7. The highest BCUT2D eigenvalue weighted by Crippen LogP contribution is 2.43. The number of hydrogen-bond acceptors (Lipinski definition) is 6. The molecule has 0 radical (unpaired) electrons. The van der Waals surface area contributed by atoms with Gasteiger partial charge in [0.25, 0.3) is 0 Å².